The molecule has 0 saturated carbocycles. The first kappa shape index (κ1) is 55.3. The van der Waals surface area contributed by atoms with Gasteiger partial charge in [-0.1, -0.05) is 246 Å². The van der Waals surface area contributed by atoms with Gasteiger partial charge in [-0.25, -0.2) is 0 Å². The quantitative estimate of drug-likeness (QED) is 0.145. The van der Waals surface area contributed by atoms with E-state index >= 15 is 0 Å². The molecule has 1 nitrogen and oxygen atoms in total. The van der Waals surface area contributed by atoms with Gasteiger partial charge in [-0.3, -0.25) is 4.79 Å². The van der Waals surface area contributed by atoms with Gasteiger partial charge in [0.25, 0.3) is 0 Å². The third-order valence-corrected chi connectivity index (χ3v) is 22.9. The summed E-state index contributed by atoms with van der Waals surface area (Å²) in [5, 5.41) is 3.99. The van der Waals surface area contributed by atoms with Crippen molar-refractivity contribution in [3.05, 3.63) is 106 Å². The van der Waals surface area contributed by atoms with E-state index in [1.165, 1.54) is 93.0 Å². The minimum atomic E-state index is -0.572. The fourth-order valence-electron chi connectivity index (χ4n) is 12.2. The molecule has 0 amide bonds. The van der Waals surface area contributed by atoms with E-state index in [0.717, 1.165) is 19.3 Å². The molecule has 1 atom stereocenters. The Balaban J connectivity index is 0.000000251. The summed E-state index contributed by atoms with van der Waals surface area (Å²) < 4.78 is 0. The van der Waals surface area contributed by atoms with Crippen molar-refractivity contribution in [3.63, 3.8) is 0 Å². The van der Waals surface area contributed by atoms with Crippen molar-refractivity contribution in [2.24, 2.45) is 0 Å². The van der Waals surface area contributed by atoms with E-state index in [-0.39, 0.29) is 18.2 Å². The molecule has 368 valence electrons. The molecular formula is C64H96OP2. The van der Waals surface area contributed by atoms with Crippen LogP contribution in [0.25, 0.3) is 22.3 Å². The summed E-state index contributed by atoms with van der Waals surface area (Å²) in [4.78, 5) is 12.8. The van der Waals surface area contributed by atoms with Crippen LogP contribution in [0.15, 0.2) is 72.8 Å². The van der Waals surface area contributed by atoms with Crippen LogP contribution in [0.5, 0.6) is 0 Å². The Morgan fingerprint density at radius 2 is 0.716 bits per heavy atom. The molecule has 67 heavy (non-hydrogen) atoms. The second kappa shape index (κ2) is 22.2. The number of benzene rings is 4. The minimum Gasteiger partial charge on any atom is -0.300 e. The summed E-state index contributed by atoms with van der Waals surface area (Å²) >= 11 is 0. The Morgan fingerprint density at radius 1 is 0.403 bits per heavy atom. The molecule has 2 aliphatic rings. The number of rotatable bonds is 10. The average molecular weight is 943 g/mol. The summed E-state index contributed by atoms with van der Waals surface area (Å²) in [5.74, 6) is 3.43. The maximum atomic E-state index is 12.8. The Labute approximate surface area is 415 Å². The number of hydrogen-bond acceptors (Lipinski definition) is 1. The predicted octanol–water partition coefficient (Wildman–Crippen LogP) is 19.9. The maximum Gasteiger partial charge on any atom is 0.133 e. The molecule has 4 aromatic rings. The third-order valence-electron chi connectivity index (χ3n) is 15.5. The van der Waals surface area contributed by atoms with Gasteiger partial charge in [0.2, 0.25) is 0 Å². The van der Waals surface area contributed by atoms with Gasteiger partial charge >= 0.3 is 0 Å². The summed E-state index contributed by atoms with van der Waals surface area (Å²) in [6.07, 6.45) is 10.4. The first-order valence-electron chi connectivity index (χ1n) is 26.8. The van der Waals surface area contributed by atoms with Gasteiger partial charge in [0, 0.05) is 12.8 Å². The average Bonchev–Trinajstić information content (AvgIpc) is 3.21. The highest BCUT2D eigenvalue weighted by Crippen LogP contribution is 2.65. The lowest BCUT2D eigenvalue weighted by Crippen LogP contribution is -2.39. The number of Topliss-reactive ketones (excluding diaryl/α,β-unsaturated/α-hetero) is 1. The van der Waals surface area contributed by atoms with Crippen LogP contribution in [0.3, 0.4) is 0 Å². The number of ketones is 1. The molecule has 3 heteroatoms. The first-order valence-corrected chi connectivity index (χ1v) is 29.5. The van der Waals surface area contributed by atoms with Crippen molar-refractivity contribution in [2.45, 2.75) is 252 Å². The molecule has 6 rings (SSSR count). The Hall–Kier alpha value is -2.59. The van der Waals surface area contributed by atoms with E-state index in [2.05, 4.69) is 211 Å². The molecule has 4 aromatic carbocycles. The molecule has 2 saturated heterocycles. The second-order valence-corrected chi connectivity index (χ2v) is 32.3. The highest BCUT2D eigenvalue weighted by atomic mass is 31.1. The molecule has 0 N–H and O–H groups in total. The van der Waals surface area contributed by atoms with Crippen molar-refractivity contribution in [3.8, 4) is 22.3 Å². The van der Waals surface area contributed by atoms with Crippen molar-refractivity contribution in [2.75, 3.05) is 0 Å². The van der Waals surface area contributed by atoms with Crippen molar-refractivity contribution < 1.29 is 4.79 Å². The monoisotopic (exact) mass is 943 g/mol. The Bertz CT molecular complexity index is 2220. The summed E-state index contributed by atoms with van der Waals surface area (Å²) in [7, 11) is -0.897. The van der Waals surface area contributed by atoms with Crippen LogP contribution in [0.4, 0.5) is 0 Å². The molecule has 0 aliphatic carbocycles. The molecule has 0 aromatic heterocycles. The van der Waals surface area contributed by atoms with E-state index in [1.54, 1.807) is 5.30 Å². The van der Waals surface area contributed by atoms with Crippen LogP contribution >= 0.6 is 15.8 Å². The first-order chi connectivity index (χ1) is 31.1. The number of carbonyl (C=O) groups is 1. The number of carbonyl (C=O) groups excluding carboxylic acids is 1. The van der Waals surface area contributed by atoms with Crippen LogP contribution in [-0.4, -0.2) is 26.4 Å². The van der Waals surface area contributed by atoms with Crippen molar-refractivity contribution in [1.82, 2.24) is 0 Å². The van der Waals surface area contributed by atoms with Crippen LogP contribution in [0.1, 0.15) is 265 Å². The smallest absolute Gasteiger partial charge is 0.133 e. The van der Waals surface area contributed by atoms with Crippen LogP contribution < -0.4 is 10.6 Å². The van der Waals surface area contributed by atoms with Gasteiger partial charge in [-0.2, -0.15) is 0 Å². The van der Waals surface area contributed by atoms with E-state index < -0.39 is 7.92 Å². The van der Waals surface area contributed by atoms with Crippen LogP contribution in [-0.2, 0) is 4.79 Å². The lowest BCUT2D eigenvalue weighted by atomic mass is 9.82. The molecule has 2 fully saturated rings. The maximum absolute atomic E-state index is 12.8. The van der Waals surface area contributed by atoms with Crippen LogP contribution in [0, 0.1) is 0 Å². The van der Waals surface area contributed by atoms with E-state index in [0.29, 0.717) is 58.0 Å². The van der Waals surface area contributed by atoms with Crippen molar-refractivity contribution in [1.29, 1.82) is 0 Å². The van der Waals surface area contributed by atoms with Crippen molar-refractivity contribution >= 4 is 32.2 Å². The molecule has 1 unspecified atom stereocenters. The standard InChI is InChI=1S/C32H47OP.C32H49P/c1-21(2)24-18-27(22(3)4)30(28(19-24)23(5)6)26-15-11-12-16-29(26)34-31(7,8)17-13-14-25(33)20-32(34,9)10;1-22(2)25-20-27(23(3)4)30(28(21-25)24(5)6)26-16-12-13-17-29(26)33-31(7,8)18-14-11-15-19-32(33,9)10/h11-12,15-16,18-19,21-23H,13-14,17,20H2,1-10H3;12-13,16-17,20-24H,11,14-15,18-19H2,1-10H3. The third kappa shape index (κ3) is 12.7. The summed E-state index contributed by atoms with van der Waals surface area (Å²) in [6.45, 7) is 48.0. The van der Waals surface area contributed by atoms with Gasteiger partial charge in [0.1, 0.15) is 5.78 Å². The lowest BCUT2D eigenvalue weighted by Gasteiger charge is -2.48. The van der Waals surface area contributed by atoms with Crippen LogP contribution in [0.2, 0.25) is 0 Å². The molecular weight excluding hydrogens is 847 g/mol. The lowest BCUT2D eigenvalue weighted by molar-refractivity contribution is -0.119. The van der Waals surface area contributed by atoms with Gasteiger partial charge in [-0.15, -0.1) is 0 Å². The number of hydrogen-bond donors (Lipinski definition) is 0. The molecule has 2 aliphatic heterocycles. The fraction of sp³-hybridized carbons (Fsp3) is 0.609. The van der Waals surface area contributed by atoms with Gasteiger partial charge < -0.3 is 0 Å². The highest BCUT2D eigenvalue weighted by molar-refractivity contribution is 7.69. The molecule has 0 bridgehead atoms. The summed E-state index contributed by atoms with van der Waals surface area (Å²) in [6, 6.07) is 28.7. The molecule has 2 heterocycles. The van der Waals surface area contributed by atoms with E-state index in [9.17, 15) is 4.79 Å². The second-order valence-electron chi connectivity index (χ2n) is 25.2. The zero-order valence-electron chi connectivity index (χ0n) is 46.6. The zero-order chi connectivity index (χ0) is 50.0. The fourth-order valence-corrected chi connectivity index (χ4v) is 20.9. The SMILES string of the molecule is CC(C)c1cc(C(C)C)c(-c2ccccc2P2C(C)(C)CCCC(=O)CC2(C)C)c(C(C)C)c1.CC(C)c1cc(C(C)C)c(-c2ccccc2P2C(C)(C)CCCCCC2(C)C)c(C(C)C)c1. The van der Waals surface area contributed by atoms with Gasteiger partial charge in [-0.05, 0) is 148 Å². The molecule has 0 spiro atoms. The largest absolute Gasteiger partial charge is 0.300 e. The topological polar surface area (TPSA) is 17.1 Å². The Kier molecular flexibility index (Phi) is 18.4. The molecule has 0 radical (unpaired) electrons. The summed E-state index contributed by atoms with van der Waals surface area (Å²) in [5.41, 5.74) is 14.9. The van der Waals surface area contributed by atoms with E-state index in [1.807, 2.05) is 0 Å². The van der Waals surface area contributed by atoms with Gasteiger partial charge in [0.05, 0.1) is 0 Å². The zero-order valence-corrected chi connectivity index (χ0v) is 48.3. The van der Waals surface area contributed by atoms with Gasteiger partial charge in [0.15, 0.2) is 0 Å². The minimum absolute atomic E-state index is 0.0275. The Morgan fingerprint density at radius 3 is 1.04 bits per heavy atom. The normalized spacial score (nSPS) is 19.9. The predicted molar refractivity (Wildman–Crippen MR) is 304 cm³/mol. The highest BCUT2D eigenvalue weighted by Gasteiger charge is 2.45. The van der Waals surface area contributed by atoms with E-state index in [4.69, 9.17) is 0 Å².